The maximum Gasteiger partial charge on any atom is 0.262 e. The quantitative estimate of drug-likeness (QED) is 0.682. The van der Waals surface area contributed by atoms with Crippen molar-refractivity contribution in [2.45, 2.75) is 11.8 Å². The van der Waals surface area contributed by atoms with Crippen LogP contribution in [0.1, 0.15) is 5.69 Å². The second-order valence-electron chi connectivity index (χ2n) is 5.92. The lowest BCUT2D eigenvalue weighted by Gasteiger charge is -2.10. The molecule has 1 heterocycles. The normalized spacial score (nSPS) is 11.2. The average Bonchev–Trinajstić information content (AvgIpc) is 3.06. The smallest absolute Gasteiger partial charge is 0.262 e. The molecule has 0 unspecified atom stereocenters. The van der Waals surface area contributed by atoms with Gasteiger partial charge in [0.2, 0.25) is 0 Å². The van der Waals surface area contributed by atoms with Gasteiger partial charge in [-0.3, -0.25) is 4.79 Å². The van der Waals surface area contributed by atoms with Gasteiger partial charge >= 0.3 is 0 Å². The van der Waals surface area contributed by atoms with E-state index >= 15 is 0 Å². The number of sulfone groups is 1. The second-order valence-corrected chi connectivity index (χ2v) is 8.77. The first kappa shape index (κ1) is 19.1. The highest BCUT2D eigenvalue weighted by atomic mass is 32.2. The van der Waals surface area contributed by atoms with Gasteiger partial charge in [0.25, 0.3) is 5.91 Å². The van der Waals surface area contributed by atoms with Crippen LogP contribution in [0.25, 0.3) is 10.6 Å². The van der Waals surface area contributed by atoms with Gasteiger partial charge in [-0.05, 0) is 43.3 Å². The maximum absolute atomic E-state index is 12.1. The number of anilines is 1. The minimum Gasteiger partial charge on any atom is -0.484 e. The molecule has 2 aromatic carbocycles. The molecule has 0 bridgehead atoms. The summed E-state index contributed by atoms with van der Waals surface area (Å²) in [6.45, 7) is 1.71. The Morgan fingerprint density at radius 2 is 1.85 bits per heavy atom. The molecule has 6 nitrogen and oxygen atoms in total. The van der Waals surface area contributed by atoms with Crippen molar-refractivity contribution in [3.8, 4) is 16.3 Å². The molecule has 3 rings (SSSR count). The molecule has 0 aliphatic carbocycles. The van der Waals surface area contributed by atoms with Gasteiger partial charge in [0, 0.05) is 22.9 Å². The van der Waals surface area contributed by atoms with Gasteiger partial charge in [0.05, 0.1) is 10.6 Å². The van der Waals surface area contributed by atoms with E-state index in [1.165, 1.54) is 6.07 Å². The number of thiazole rings is 1. The highest BCUT2D eigenvalue weighted by molar-refractivity contribution is 7.90. The monoisotopic (exact) mass is 402 g/mol. The number of para-hydroxylation sites is 1. The maximum atomic E-state index is 12.1. The number of hydrogen-bond donors (Lipinski definition) is 1. The predicted octanol–water partition coefficient (Wildman–Crippen LogP) is 3.54. The van der Waals surface area contributed by atoms with Crippen molar-refractivity contribution in [2.24, 2.45) is 0 Å². The zero-order chi connectivity index (χ0) is 19.4. The molecule has 1 aromatic heterocycles. The molecule has 1 amide bonds. The molecule has 0 spiro atoms. The Labute approximate surface area is 161 Å². The van der Waals surface area contributed by atoms with E-state index in [1.54, 1.807) is 41.7 Å². The molecule has 0 saturated heterocycles. The van der Waals surface area contributed by atoms with Crippen LogP contribution in [-0.2, 0) is 14.6 Å². The van der Waals surface area contributed by atoms with E-state index in [0.29, 0.717) is 5.75 Å². The average molecular weight is 402 g/mol. The standard InChI is InChI=1S/C19H18N2O4S2/c1-13-12-26-19(20-13)14-7-9-15(10-8-14)25-11-18(22)21-16-5-3-4-6-17(16)27(2,23)24/h3-10,12H,11H2,1-2H3,(H,21,22). The first-order valence-electron chi connectivity index (χ1n) is 8.07. The summed E-state index contributed by atoms with van der Waals surface area (Å²) in [6.07, 6.45) is 1.10. The van der Waals surface area contributed by atoms with Crippen LogP contribution in [0, 0.1) is 6.92 Å². The summed E-state index contributed by atoms with van der Waals surface area (Å²) < 4.78 is 29.0. The molecule has 0 fully saturated rings. The van der Waals surface area contributed by atoms with Crippen molar-refractivity contribution >= 4 is 32.8 Å². The highest BCUT2D eigenvalue weighted by Crippen LogP contribution is 2.25. The Kier molecular flexibility index (Phi) is 5.57. The van der Waals surface area contributed by atoms with Crippen molar-refractivity contribution in [2.75, 3.05) is 18.2 Å². The summed E-state index contributed by atoms with van der Waals surface area (Å²) in [6, 6.07) is 13.5. The summed E-state index contributed by atoms with van der Waals surface area (Å²) in [7, 11) is -3.44. The minimum absolute atomic E-state index is 0.0708. The van der Waals surface area contributed by atoms with Crippen LogP contribution in [0.5, 0.6) is 5.75 Å². The predicted molar refractivity (Wildman–Crippen MR) is 106 cm³/mol. The number of aryl methyl sites for hydroxylation is 1. The Hall–Kier alpha value is -2.71. The number of rotatable bonds is 6. The molecular formula is C19H18N2O4S2. The minimum atomic E-state index is -3.44. The first-order valence-corrected chi connectivity index (χ1v) is 10.8. The molecule has 0 aliphatic rings. The number of aromatic nitrogens is 1. The van der Waals surface area contributed by atoms with Crippen LogP contribution in [0.15, 0.2) is 58.8 Å². The molecule has 1 N–H and O–H groups in total. The van der Waals surface area contributed by atoms with Crippen LogP contribution < -0.4 is 10.1 Å². The molecule has 0 aliphatic heterocycles. The first-order chi connectivity index (χ1) is 12.8. The summed E-state index contributed by atoms with van der Waals surface area (Å²) >= 11 is 1.57. The van der Waals surface area contributed by atoms with Gasteiger partial charge in [-0.2, -0.15) is 0 Å². The molecule has 27 heavy (non-hydrogen) atoms. The van der Waals surface area contributed by atoms with Crippen molar-refractivity contribution in [3.63, 3.8) is 0 Å². The number of carbonyl (C=O) groups is 1. The van der Waals surface area contributed by atoms with Gasteiger partial charge in [-0.1, -0.05) is 12.1 Å². The van der Waals surface area contributed by atoms with E-state index in [2.05, 4.69) is 10.3 Å². The zero-order valence-electron chi connectivity index (χ0n) is 14.8. The second kappa shape index (κ2) is 7.89. The largest absolute Gasteiger partial charge is 0.484 e. The Morgan fingerprint density at radius 3 is 2.48 bits per heavy atom. The highest BCUT2D eigenvalue weighted by Gasteiger charge is 2.14. The topological polar surface area (TPSA) is 85.4 Å². The van der Waals surface area contributed by atoms with Crippen molar-refractivity contribution < 1.29 is 17.9 Å². The number of hydrogen-bond acceptors (Lipinski definition) is 6. The third kappa shape index (κ3) is 4.93. The number of ether oxygens (including phenoxy) is 1. The summed E-state index contributed by atoms with van der Waals surface area (Å²) in [4.78, 5) is 16.6. The zero-order valence-corrected chi connectivity index (χ0v) is 16.4. The van der Waals surface area contributed by atoms with Gasteiger partial charge in [0.1, 0.15) is 10.8 Å². The molecule has 8 heteroatoms. The lowest BCUT2D eigenvalue weighted by molar-refractivity contribution is -0.118. The van der Waals surface area contributed by atoms with Crippen molar-refractivity contribution in [1.82, 2.24) is 4.98 Å². The molecule has 140 valence electrons. The summed E-state index contributed by atoms with van der Waals surface area (Å²) in [5.41, 5.74) is 2.19. The third-order valence-corrected chi connectivity index (χ3v) is 5.81. The van der Waals surface area contributed by atoms with Crippen LogP contribution in [0.4, 0.5) is 5.69 Å². The van der Waals surface area contributed by atoms with Gasteiger partial charge in [-0.25, -0.2) is 13.4 Å². The summed E-state index contributed by atoms with van der Waals surface area (Å²) in [5.74, 6) is 0.101. The fourth-order valence-corrected chi connectivity index (χ4v) is 4.06. The van der Waals surface area contributed by atoms with E-state index < -0.39 is 15.7 Å². The van der Waals surface area contributed by atoms with Crippen molar-refractivity contribution in [1.29, 1.82) is 0 Å². The number of nitrogens with one attached hydrogen (secondary N) is 1. The third-order valence-electron chi connectivity index (χ3n) is 3.65. The number of nitrogens with zero attached hydrogens (tertiary/aromatic N) is 1. The molecule has 0 saturated carbocycles. The van der Waals surface area contributed by atoms with Gasteiger partial charge < -0.3 is 10.1 Å². The van der Waals surface area contributed by atoms with Crippen LogP contribution in [-0.4, -0.2) is 32.2 Å². The molecule has 3 aromatic rings. The SMILES string of the molecule is Cc1csc(-c2ccc(OCC(=O)Nc3ccccc3S(C)(=O)=O)cc2)n1. The van der Waals surface area contributed by atoms with Gasteiger partial charge in [0.15, 0.2) is 16.4 Å². The number of amides is 1. The lowest BCUT2D eigenvalue weighted by atomic mass is 10.2. The van der Waals surface area contributed by atoms with E-state index in [0.717, 1.165) is 22.5 Å². The Bertz CT molecular complexity index is 1060. The van der Waals surface area contributed by atoms with E-state index in [4.69, 9.17) is 4.74 Å². The van der Waals surface area contributed by atoms with Crippen molar-refractivity contribution in [3.05, 3.63) is 59.6 Å². The number of benzene rings is 2. The summed E-state index contributed by atoms with van der Waals surface area (Å²) in [5, 5.41) is 5.49. The number of carbonyl (C=O) groups excluding carboxylic acids is 1. The Morgan fingerprint density at radius 1 is 1.15 bits per heavy atom. The van der Waals surface area contributed by atoms with E-state index in [1.807, 2.05) is 24.4 Å². The Balaban J connectivity index is 1.62. The molecule has 0 atom stereocenters. The van der Waals surface area contributed by atoms with E-state index in [-0.39, 0.29) is 17.2 Å². The van der Waals surface area contributed by atoms with Crippen LogP contribution in [0.3, 0.4) is 0 Å². The molecular weight excluding hydrogens is 384 g/mol. The van der Waals surface area contributed by atoms with Crippen LogP contribution in [0.2, 0.25) is 0 Å². The van der Waals surface area contributed by atoms with E-state index in [9.17, 15) is 13.2 Å². The van der Waals surface area contributed by atoms with Gasteiger partial charge in [-0.15, -0.1) is 11.3 Å². The fourth-order valence-electron chi connectivity index (χ4n) is 2.41. The fraction of sp³-hybridized carbons (Fsp3) is 0.158. The van der Waals surface area contributed by atoms with Crippen LogP contribution >= 0.6 is 11.3 Å². The lowest BCUT2D eigenvalue weighted by Crippen LogP contribution is -2.21. The molecule has 0 radical (unpaired) electrons.